The van der Waals surface area contributed by atoms with Crippen LogP contribution in [0.4, 0.5) is 4.39 Å². The van der Waals surface area contributed by atoms with Crippen LogP contribution in [0.1, 0.15) is 6.42 Å². The summed E-state index contributed by atoms with van der Waals surface area (Å²) < 4.78 is 16.4. The van der Waals surface area contributed by atoms with Crippen molar-refractivity contribution < 1.29 is 14.2 Å². The van der Waals surface area contributed by atoms with E-state index in [2.05, 4.69) is 4.74 Å². The molecule has 2 unspecified atom stereocenters. The number of alkyl halides is 1. The van der Waals surface area contributed by atoms with Gasteiger partial charge in [-0.05, 0) is 0 Å². The van der Waals surface area contributed by atoms with Crippen molar-refractivity contribution >= 4 is 0 Å². The van der Waals surface area contributed by atoms with E-state index in [9.17, 15) is 4.39 Å². The Labute approximate surface area is 40.9 Å². The smallest absolute Gasteiger partial charge is 0.186 e. The van der Waals surface area contributed by atoms with Crippen LogP contribution in [0.2, 0.25) is 0 Å². The molecule has 0 aliphatic carbocycles. The second-order valence-corrected chi connectivity index (χ2v) is 1.57. The van der Waals surface area contributed by atoms with Gasteiger partial charge in [0.2, 0.25) is 0 Å². The largest absolute Gasteiger partial charge is 0.366 e. The molecule has 1 saturated heterocycles. The van der Waals surface area contributed by atoms with Crippen LogP contribution in [0.5, 0.6) is 0 Å². The Morgan fingerprint density at radius 1 is 1.71 bits per heavy atom. The lowest BCUT2D eigenvalue weighted by Crippen LogP contribution is -2.14. The third-order valence-electron chi connectivity index (χ3n) is 0.992. The monoisotopic (exact) mass is 106 g/mol. The van der Waals surface area contributed by atoms with E-state index in [-0.39, 0.29) is 0 Å². The number of halogens is 1. The minimum atomic E-state index is -1.15. The van der Waals surface area contributed by atoms with E-state index >= 15 is 0 Å². The Hall–Kier alpha value is -0.150. The molecule has 0 bridgehead atoms. The quantitative estimate of drug-likeness (QED) is 0.473. The van der Waals surface area contributed by atoms with Crippen LogP contribution >= 0.6 is 0 Å². The maximum Gasteiger partial charge on any atom is 0.186 e. The standard InChI is InChI=1S/C4H7FO2/c5-3-1-2-7-4(3)6/h3-4,6H,1-2H2. The molecule has 0 amide bonds. The van der Waals surface area contributed by atoms with Crippen LogP contribution in [0.15, 0.2) is 0 Å². The highest BCUT2D eigenvalue weighted by Crippen LogP contribution is 2.13. The number of aliphatic hydroxyl groups is 1. The number of rotatable bonds is 0. The lowest BCUT2D eigenvalue weighted by atomic mass is 10.3. The molecule has 0 aromatic carbocycles. The summed E-state index contributed by atoms with van der Waals surface area (Å²) in [6, 6.07) is 0. The molecule has 1 aliphatic heterocycles. The van der Waals surface area contributed by atoms with Gasteiger partial charge in [0.15, 0.2) is 12.5 Å². The summed E-state index contributed by atoms with van der Waals surface area (Å²) in [6.45, 7) is 0.350. The van der Waals surface area contributed by atoms with E-state index in [4.69, 9.17) is 5.11 Å². The lowest BCUT2D eigenvalue weighted by molar-refractivity contribution is -0.0880. The number of ether oxygens (including phenoxy) is 1. The fraction of sp³-hybridized carbons (Fsp3) is 1.00. The van der Waals surface area contributed by atoms with E-state index in [1.807, 2.05) is 0 Å². The average Bonchev–Trinajstić information content (AvgIpc) is 1.91. The van der Waals surface area contributed by atoms with E-state index in [1.165, 1.54) is 0 Å². The van der Waals surface area contributed by atoms with Gasteiger partial charge >= 0.3 is 0 Å². The summed E-state index contributed by atoms with van der Waals surface area (Å²) in [6.07, 6.45) is -1.97. The zero-order valence-corrected chi connectivity index (χ0v) is 3.80. The van der Waals surface area contributed by atoms with Gasteiger partial charge in [-0.25, -0.2) is 4.39 Å². The first-order valence-corrected chi connectivity index (χ1v) is 2.24. The molecular formula is C4H7FO2. The van der Waals surface area contributed by atoms with Gasteiger partial charge in [0.1, 0.15) is 0 Å². The van der Waals surface area contributed by atoms with Crippen molar-refractivity contribution in [1.29, 1.82) is 0 Å². The molecule has 1 aliphatic rings. The van der Waals surface area contributed by atoms with Crippen molar-refractivity contribution in [2.45, 2.75) is 18.9 Å². The highest BCUT2D eigenvalue weighted by Gasteiger charge is 2.24. The fourth-order valence-corrected chi connectivity index (χ4v) is 0.548. The SMILES string of the molecule is OC1OCCC1F. The third kappa shape index (κ3) is 0.894. The van der Waals surface area contributed by atoms with Gasteiger partial charge in [-0.3, -0.25) is 0 Å². The van der Waals surface area contributed by atoms with E-state index in [0.29, 0.717) is 13.0 Å². The topological polar surface area (TPSA) is 29.5 Å². The predicted octanol–water partition coefficient (Wildman–Crippen LogP) is 0.0632. The second-order valence-electron chi connectivity index (χ2n) is 1.57. The maximum atomic E-state index is 11.9. The molecule has 0 radical (unpaired) electrons. The van der Waals surface area contributed by atoms with Crippen LogP contribution in [0.3, 0.4) is 0 Å². The zero-order chi connectivity index (χ0) is 5.28. The number of hydrogen-bond donors (Lipinski definition) is 1. The minimum absolute atomic E-state index is 0.334. The summed E-state index contributed by atoms with van der Waals surface area (Å²) in [5.41, 5.74) is 0. The first-order chi connectivity index (χ1) is 3.30. The van der Waals surface area contributed by atoms with Crippen LogP contribution < -0.4 is 0 Å². The Kier molecular flexibility index (Phi) is 1.25. The molecule has 1 heterocycles. The van der Waals surface area contributed by atoms with E-state index < -0.39 is 12.5 Å². The molecule has 2 atom stereocenters. The van der Waals surface area contributed by atoms with Gasteiger partial charge in [0.05, 0.1) is 6.61 Å². The highest BCUT2D eigenvalue weighted by atomic mass is 19.1. The normalized spacial score (nSPS) is 42.0. The highest BCUT2D eigenvalue weighted by molar-refractivity contribution is 4.64. The average molecular weight is 106 g/mol. The van der Waals surface area contributed by atoms with Crippen molar-refractivity contribution in [3.8, 4) is 0 Å². The molecule has 0 saturated carbocycles. The Morgan fingerprint density at radius 2 is 2.43 bits per heavy atom. The Morgan fingerprint density at radius 3 is 2.57 bits per heavy atom. The summed E-state index contributed by atoms with van der Waals surface area (Å²) in [5, 5.41) is 8.40. The molecular weight excluding hydrogens is 99.0 g/mol. The number of aliphatic hydroxyl groups excluding tert-OH is 1. The van der Waals surface area contributed by atoms with Gasteiger partial charge in [-0.2, -0.15) is 0 Å². The van der Waals surface area contributed by atoms with Crippen LogP contribution in [0, 0.1) is 0 Å². The Balaban J connectivity index is 2.33. The van der Waals surface area contributed by atoms with Crippen molar-refractivity contribution in [2.75, 3.05) is 6.61 Å². The summed E-state index contributed by atoms with van der Waals surface area (Å²) in [4.78, 5) is 0. The second kappa shape index (κ2) is 1.76. The van der Waals surface area contributed by atoms with Crippen LogP contribution in [-0.2, 0) is 4.74 Å². The van der Waals surface area contributed by atoms with Gasteiger partial charge < -0.3 is 9.84 Å². The molecule has 1 rings (SSSR count). The van der Waals surface area contributed by atoms with Gasteiger partial charge in [-0.15, -0.1) is 0 Å². The summed E-state index contributed by atoms with van der Waals surface area (Å²) >= 11 is 0. The molecule has 1 fully saturated rings. The van der Waals surface area contributed by atoms with Crippen molar-refractivity contribution in [3.63, 3.8) is 0 Å². The molecule has 7 heavy (non-hydrogen) atoms. The molecule has 42 valence electrons. The Bertz CT molecular complexity index is 58.7. The first-order valence-electron chi connectivity index (χ1n) is 2.24. The van der Waals surface area contributed by atoms with Crippen LogP contribution in [0.25, 0.3) is 0 Å². The lowest BCUT2D eigenvalue weighted by Gasteiger charge is -1.99. The maximum absolute atomic E-state index is 11.9. The molecule has 0 aromatic rings. The zero-order valence-electron chi connectivity index (χ0n) is 3.80. The predicted molar refractivity (Wildman–Crippen MR) is 21.5 cm³/mol. The summed E-state index contributed by atoms with van der Waals surface area (Å²) in [7, 11) is 0. The fourth-order valence-electron chi connectivity index (χ4n) is 0.548. The molecule has 3 heteroatoms. The number of hydrogen-bond acceptors (Lipinski definition) is 2. The van der Waals surface area contributed by atoms with E-state index in [1.54, 1.807) is 0 Å². The third-order valence-corrected chi connectivity index (χ3v) is 0.992. The minimum Gasteiger partial charge on any atom is -0.366 e. The van der Waals surface area contributed by atoms with Gasteiger partial charge in [-0.1, -0.05) is 0 Å². The van der Waals surface area contributed by atoms with Crippen LogP contribution in [-0.4, -0.2) is 24.2 Å². The first kappa shape index (κ1) is 5.00. The summed E-state index contributed by atoms with van der Waals surface area (Å²) in [5.74, 6) is 0. The van der Waals surface area contributed by atoms with Crippen molar-refractivity contribution in [2.24, 2.45) is 0 Å². The van der Waals surface area contributed by atoms with Crippen molar-refractivity contribution in [3.05, 3.63) is 0 Å². The van der Waals surface area contributed by atoms with Gasteiger partial charge in [0, 0.05) is 6.42 Å². The van der Waals surface area contributed by atoms with E-state index in [0.717, 1.165) is 0 Å². The van der Waals surface area contributed by atoms with Crippen molar-refractivity contribution in [1.82, 2.24) is 0 Å². The van der Waals surface area contributed by atoms with Gasteiger partial charge in [0.25, 0.3) is 0 Å². The molecule has 2 nitrogen and oxygen atoms in total. The molecule has 1 N–H and O–H groups in total. The molecule has 0 aromatic heterocycles. The molecule has 0 spiro atoms.